The van der Waals surface area contributed by atoms with E-state index in [-0.39, 0.29) is 23.5 Å². The predicted molar refractivity (Wildman–Crippen MR) is 95.4 cm³/mol. The number of rotatable bonds is 4. The molecular formula is C20H21N3O3. The van der Waals surface area contributed by atoms with Crippen molar-refractivity contribution in [1.29, 1.82) is 0 Å². The Morgan fingerprint density at radius 3 is 2.85 bits per heavy atom. The molecule has 2 atom stereocenters. The number of carbonyl (C=O) groups is 2. The van der Waals surface area contributed by atoms with Crippen LogP contribution in [0, 0.1) is 5.41 Å². The third kappa shape index (κ3) is 2.53. The molecule has 26 heavy (non-hydrogen) atoms. The van der Waals surface area contributed by atoms with E-state index < -0.39 is 5.41 Å². The number of aromatic nitrogens is 1. The van der Waals surface area contributed by atoms with Crippen LogP contribution in [0.5, 0.6) is 0 Å². The van der Waals surface area contributed by atoms with Crippen LogP contribution in [0.3, 0.4) is 0 Å². The Balaban J connectivity index is 1.69. The number of amides is 2. The molecule has 2 amide bonds. The summed E-state index contributed by atoms with van der Waals surface area (Å²) in [5, 5.41) is 3.62. The van der Waals surface area contributed by atoms with Gasteiger partial charge < -0.3 is 14.3 Å². The van der Waals surface area contributed by atoms with Gasteiger partial charge in [0.1, 0.15) is 0 Å². The van der Waals surface area contributed by atoms with Gasteiger partial charge in [0.15, 0.2) is 0 Å². The molecule has 6 nitrogen and oxygen atoms in total. The lowest BCUT2D eigenvalue weighted by Crippen LogP contribution is -2.40. The zero-order valence-electron chi connectivity index (χ0n) is 14.5. The van der Waals surface area contributed by atoms with Crippen molar-refractivity contribution in [2.75, 3.05) is 26.2 Å². The van der Waals surface area contributed by atoms with Crippen molar-refractivity contribution in [1.82, 2.24) is 15.0 Å². The van der Waals surface area contributed by atoms with Crippen LogP contribution >= 0.6 is 0 Å². The molecule has 2 aliphatic rings. The number of benzene rings is 1. The molecule has 0 aliphatic carbocycles. The highest BCUT2D eigenvalue weighted by Crippen LogP contribution is 2.50. The third-order valence-electron chi connectivity index (χ3n) is 5.57. The standard InChI is InChI=1S/C20H21N3O3/c1-2-11-22-12-9-20(19(22)25)14-23(18(24)17-8-10-21-26-17)13-16(20)15-6-4-3-5-7-15/h2-8,10,16H,1,9,11-14H2/t16-,20+/m1/s1. The summed E-state index contributed by atoms with van der Waals surface area (Å²) in [6.07, 6.45) is 3.94. The second kappa shape index (κ2) is 6.44. The Bertz CT molecular complexity index is 818. The summed E-state index contributed by atoms with van der Waals surface area (Å²) in [5.74, 6) is 0.0783. The number of carbonyl (C=O) groups excluding carboxylic acids is 2. The van der Waals surface area contributed by atoms with Gasteiger partial charge >= 0.3 is 0 Å². The van der Waals surface area contributed by atoms with Crippen LogP contribution in [-0.2, 0) is 4.79 Å². The Labute approximate surface area is 152 Å². The highest BCUT2D eigenvalue weighted by molar-refractivity contribution is 5.94. The summed E-state index contributed by atoms with van der Waals surface area (Å²) in [6.45, 7) is 5.88. The molecule has 0 N–H and O–H groups in total. The molecule has 2 fully saturated rings. The molecule has 0 saturated carbocycles. The van der Waals surface area contributed by atoms with Crippen molar-refractivity contribution in [2.24, 2.45) is 5.41 Å². The SMILES string of the molecule is C=CCN1CC[C@@]2(CN(C(=O)c3ccno3)C[C@@H]2c2ccccc2)C1=O. The predicted octanol–water partition coefficient (Wildman–Crippen LogP) is 2.32. The fourth-order valence-electron chi connectivity index (χ4n) is 4.31. The maximum absolute atomic E-state index is 13.3. The third-order valence-corrected chi connectivity index (χ3v) is 5.57. The van der Waals surface area contributed by atoms with Gasteiger partial charge in [-0.15, -0.1) is 6.58 Å². The van der Waals surface area contributed by atoms with Crippen molar-refractivity contribution in [3.8, 4) is 0 Å². The van der Waals surface area contributed by atoms with E-state index >= 15 is 0 Å². The minimum Gasteiger partial charge on any atom is -0.351 e. The van der Waals surface area contributed by atoms with Gasteiger partial charge in [0.05, 0.1) is 11.6 Å². The number of nitrogens with zero attached hydrogens (tertiary/aromatic N) is 3. The summed E-state index contributed by atoms with van der Waals surface area (Å²) in [7, 11) is 0. The van der Waals surface area contributed by atoms with E-state index in [2.05, 4.69) is 11.7 Å². The van der Waals surface area contributed by atoms with Crippen LogP contribution in [0.1, 0.15) is 28.5 Å². The second-order valence-corrected chi connectivity index (χ2v) is 6.97. The molecule has 0 bridgehead atoms. The maximum atomic E-state index is 13.3. The highest BCUT2D eigenvalue weighted by atomic mass is 16.5. The lowest BCUT2D eigenvalue weighted by molar-refractivity contribution is -0.135. The molecule has 134 valence electrons. The van der Waals surface area contributed by atoms with Gasteiger partial charge in [-0.25, -0.2) is 0 Å². The summed E-state index contributed by atoms with van der Waals surface area (Å²) in [4.78, 5) is 29.6. The van der Waals surface area contributed by atoms with E-state index in [4.69, 9.17) is 4.52 Å². The van der Waals surface area contributed by atoms with Crippen molar-refractivity contribution < 1.29 is 14.1 Å². The van der Waals surface area contributed by atoms with Crippen molar-refractivity contribution in [3.63, 3.8) is 0 Å². The van der Waals surface area contributed by atoms with Crippen LogP contribution in [0.15, 0.2) is 59.8 Å². The summed E-state index contributed by atoms with van der Waals surface area (Å²) in [5.41, 5.74) is 0.509. The van der Waals surface area contributed by atoms with E-state index in [9.17, 15) is 9.59 Å². The van der Waals surface area contributed by atoms with Crippen LogP contribution in [-0.4, -0.2) is 52.9 Å². The van der Waals surface area contributed by atoms with Crippen LogP contribution in [0.2, 0.25) is 0 Å². The first-order valence-corrected chi connectivity index (χ1v) is 8.81. The summed E-state index contributed by atoms with van der Waals surface area (Å²) < 4.78 is 5.04. The lowest BCUT2D eigenvalue weighted by atomic mass is 9.73. The lowest BCUT2D eigenvalue weighted by Gasteiger charge is -2.28. The largest absolute Gasteiger partial charge is 0.351 e. The van der Waals surface area contributed by atoms with Crippen molar-refractivity contribution in [3.05, 3.63) is 66.6 Å². The van der Waals surface area contributed by atoms with Gasteiger partial charge in [-0.05, 0) is 12.0 Å². The van der Waals surface area contributed by atoms with E-state index in [0.717, 1.165) is 12.0 Å². The van der Waals surface area contributed by atoms with Crippen molar-refractivity contribution in [2.45, 2.75) is 12.3 Å². The first kappa shape index (κ1) is 16.6. The summed E-state index contributed by atoms with van der Waals surface area (Å²) >= 11 is 0. The number of likely N-dealkylation sites (tertiary alicyclic amines) is 2. The summed E-state index contributed by atoms with van der Waals surface area (Å²) in [6, 6.07) is 11.6. The Morgan fingerprint density at radius 2 is 2.15 bits per heavy atom. The molecule has 0 unspecified atom stereocenters. The molecule has 1 aromatic heterocycles. The quantitative estimate of drug-likeness (QED) is 0.793. The molecular weight excluding hydrogens is 330 g/mol. The smallest absolute Gasteiger partial charge is 0.292 e. The average molecular weight is 351 g/mol. The minimum atomic E-state index is -0.583. The molecule has 6 heteroatoms. The molecule has 3 heterocycles. The Kier molecular flexibility index (Phi) is 4.11. The monoisotopic (exact) mass is 351 g/mol. The van der Waals surface area contributed by atoms with Gasteiger partial charge in [-0.1, -0.05) is 41.6 Å². The van der Waals surface area contributed by atoms with Gasteiger partial charge in [0.2, 0.25) is 11.7 Å². The number of hydrogen-bond donors (Lipinski definition) is 0. The van der Waals surface area contributed by atoms with Crippen LogP contribution < -0.4 is 0 Å². The van der Waals surface area contributed by atoms with Gasteiger partial charge in [0, 0.05) is 38.2 Å². The molecule has 1 aromatic carbocycles. The fraction of sp³-hybridized carbons (Fsp3) is 0.350. The second-order valence-electron chi connectivity index (χ2n) is 6.97. The molecule has 1 spiro atoms. The fourth-order valence-corrected chi connectivity index (χ4v) is 4.31. The Hall–Kier alpha value is -2.89. The van der Waals surface area contributed by atoms with E-state index in [1.807, 2.05) is 35.2 Å². The van der Waals surface area contributed by atoms with E-state index in [1.165, 1.54) is 6.20 Å². The van der Waals surface area contributed by atoms with Gasteiger partial charge in [-0.3, -0.25) is 9.59 Å². The molecule has 4 rings (SSSR count). The minimum absolute atomic E-state index is 0.0297. The van der Waals surface area contributed by atoms with Gasteiger partial charge in [-0.2, -0.15) is 0 Å². The molecule has 2 aromatic rings. The van der Waals surface area contributed by atoms with Crippen molar-refractivity contribution >= 4 is 11.8 Å². The first-order valence-electron chi connectivity index (χ1n) is 8.81. The topological polar surface area (TPSA) is 66.7 Å². The zero-order chi connectivity index (χ0) is 18.1. The molecule has 0 radical (unpaired) electrons. The average Bonchev–Trinajstić information content (AvgIpc) is 3.39. The number of hydrogen-bond acceptors (Lipinski definition) is 4. The van der Waals surface area contributed by atoms with Gasteiger partial charge in [0.25, 0.3) is 5.91 Å². The maximum Gasteiger partial charge on any atom is 0.292 e. The Morgan fingerprint density at radius 1 is 1.35 bits per heavy atom. The van der Waals surface area contributed by atoms with E-state index in [0.29, 0.717) is 26.2 Å². The first-order chi connectivity index (χ1) is 12.7. The van der Waals surface area contributed by atoms with E-state index in [1.54, 1.807) is 17.0 Å². The molecule has 2 aliphatic heterocycles. The molecule has 2 saturated heterocycles. The highest BCUT2D eigenvalue weighted by Gasteiger charge is 2.58. The normalized spacial score (nSPS) is 25.2. The van der Waals surface area contributed by atoms with Crippen LogP contribution in [0.25, 0.3) is 0 Å². The van der Waals surface area contributed by atoms with Crippen LogP contribution in [0.4, 0.5) is 0 Å². The zero-order valence-corrected chi connectivity index (χ0v) is 14.5.